The monoisotopic (exact) mass is 375 g/mol. The van der Waals surface area contributed by atoms with Crippen LogP contribution in [0.4, 0.5) is 5.69 Å². The van der Waals surface area contributed by atoms with Crippen LogP contribution in [0.1, 0.15) is 28.6 Å². The van der Waals surface area contributed by atoms with Gasteiger partial charge in [0.05, 0.1) is 6.26 Å². The lowest BCUT2D eigenvalue weighted by Gasteiger charge is -2.17. The zero-order valence-electron chi connectivity index (χ0n) is 15.7. The zero-order chi connectivity index (χ0) is 19.9. The summed E-state index contributed by atoms with van der Waals surface area (Å²) in [7, 11) is 0. The van der Waals surface area contributed by atoms with Gasteiger partial charge in [0.1, 0.15) is 5.76 Å². The molecule has 0 aliphatic carbocycles. The Hall–Kier alpha value is -3.60. The maximum Gasteiger partial charge on any atom is 0.332 e. The van der Waals surface area contributed by atoms with Crippen molar-refractivity contribution in [1.82, 2.24) is 0 Å². The fourth-order valence-corrected chi connectivity index (χ4v) is 2.85. The second-order valence-electron chi connectivity index (χ2n) is 6.44. The first-order valence-corrected chi connectivity index (χ1v) is 8.87. The number of amides is 1. The van der Waals surface area contributed by atoms with Crippen molar-refractivity contribution in [1.29, 1.82) is 0 Å². The first-order valence-electron chi connectivity index (χ1n) is 8.87. The minimum absolute atomic E-state index is 0.420. The van der Waals surface area contributed by atoms with Gasteiger partial charge in [-0.15, -0.1) is 0 Å². The Morgan fingerprint density at radius 3 is 2.36 bits per heavy atom. The summed E-state index contributed by atoms with van der Waals surface area (Å²) in [5.74, 6) is -0.537. The van der Waals surface area contributed by atoms with Crippen LogP contribution in [0.2, 0.25) is 0 Å². The Morgan fingerprint density at radius 1 is 1.00 bits per heavy atom. The van der Waals surface area contributed by atoms with E-state index in [4.69, 9.17) is 9.15 Å². The molecule has 3 aromatic rings. The van der Waals surface area contributed by atoms with E-state index in [0.29, 0.717) is 17.0 Å². The van der Waals surface area contributed by atoms with Gasteiger partial charge in [0, 0.05) is 17.3 Å². The maximum atomic E-state index is 12.9. The van der Waals surface area contributed by atoms with E-state index in [1.807, 2.05) is 38.1 Å². The smallest absolute Gasteiger partial charge is 0.332 e. The number of carbonyl (C=O) groups is 2. The highest BCUT2D eigenvalue weighted by Crippen LogP contribution is 2.22. The molecule has 1 amide bonds. The fourth-order valence-electron chi connectivity index (χ4n) is 2.85. The summed E-state index contributed by atoms with van der Waals surface area (Å²) in [6.07, 6.45) is 3.16. The first-order chi connectivity index (χ1) is 13.5. The summed E-state index contributed by atoms with van der Waals surface area (Å²) in [6.45, 7) is 3.91. The number of anilines is 1. The lowest BCUT2D eigenvalue weighted by molar-refractivity contribution is -0.149. The van der Waals surface area contributed by atoms with Gasteiger partial charge in [-0.05, 0) is 55.3 Å². The van der Waals surface area contributed by atoms with Crippen molar-refractivity contribution in [3.05, 3.63) is 95.5 Å². The number of aryl methyl sites for hydroxylation is 2. The van der Waals surface area contributed by atoms with Crippen molar-refractivity contribution in [3.8, 4) is 0 Å². The van der Waals surface area contributed by atoms with Crippen LogP contribution < -0.4 is 5.32 Å². The van der Waals surface area contributed by atoms with Crippen molar-refractivity contribution >= 4 is 23.6 Å². The molecule has 28 heavy (non-hydrogen) atoms. The van der Waals surface area contributed by atoms with Gasteiger partial charge in [0.15, 0.2) is 0 Å². The molecule has 0 unspecified atom stereocenters. The standard InChI is InChI=1S/C23H21NO4/c1-16-13-17(2)15-19(14-16)24-23(26)22(18-7-4-3-5-8-18)28-21(25)11-10-20-9-6-12-27-20/h3-15,22H,1-2H3,(H,24,26)/b11-10+/t22-/m0/s1. The number of hydrogen-bond acceptors (Lipinski definition) is 4. The van der Waals surface area contributed by atoms with Gasteiger partial charge in [-0.25, -0.2) is 4.79 Å². The third-order valence-corrected chi connectivity index (χ3v) is 3.99. The molecule has 0 fully saturated rings. The molecule has 0 saturated carbocycles. The van der Waals surface area contributed by atoms with Crippen LogP contribution in [0.25, 0.3) is 6.08 Å². The third kappa shape index (κ3) is 5.20. The van der Waals surface area contributed by atoms with E-state index in [1.165, 1.54) is 18.4 Å². The third-order valence-electron chi connectivity index (χ3n) is 3.99. The van der Waals surface area contributed by atoms with Gasteiger partial charge in [-0.1, -0.05) is 36.4 Å². The van der Waals surface area contributed by atoms with Crippen LogP contribution in [-0.4, -0.2) is 11.9 Å². The molecular formula is C23H21NO4. The van der Waals surface area contributed by atoms with Gasteiger partial charge < -0.3 is 14.5 Å². The van der Waals surface area contributed by atoms with E-state index in [-0.39, 0.29) is 0 Å². The summed E-state index contributed by atoms with van der Waals surface area (Å²) in [6, 6.07) is 18.1. The molecule has 2 aromatic carbocycles. The predicted molar refractivity (Wildman–Crippen MR) is 108 cm³/mol. The number of benzene rings is 2. The highest BCUT2D eigenvalue weighted by molar-refractivity contribution is 5.97. The Labute approximate surface area is 163 Å². The van der Waals surface area contributed by atoms with Crippen molar-refractivity contribution in [2.45, 2.75) is 20.0 Å². The minimum atomic E-state index is -1.07. The summed E-state index contributed by atoms with van der Waals surface area (Å²) in [5, 5.41) is 2.84. The van der Waals surface area contributed by atoms with Crippen molar-refractivity contribution < 1.29 is 18.7 Å². The molecule has 142 valence electrons. The van der Waals surface area contributed by atoms with Gasteiger partial charge in [0.2, 0.25) is 6.10 Å². The molecule has 0 bridgehead atoms. The average Bonchev–Trinajstić information content (AvgIpc) is 3.18. The molecular weight excluding hydrogens is 354 g/mol. The van der Waals surface area contributed by atoms with E-state index in [2.05, 4.69) is 5.32 Å². The summed E-state index contributed by atoms with van der Waals surface area (Å²) < 4.78 is 10.6. The lowest BCUT2D eigenvalue weighted by Crippen LogP contribution is -2.25. The second-order valence-corrected chi connectivity index (χ2v) is 6.44. The Morgan fingerprint density at radius 2 is 1.71 bits per heavy atom. The van der Waals surface area contributed by atoms with Crippen molar-refractivity contribution in [3.63, 3.8) is 0 Å². The van der Waals surface area contributed by atoms with Crippen LogP contribution >= 0.6 is 0 Å². The average molecular weight is 375 g/mol. The van der Waals surface area contributed by atoms with Crippen molar-refractivity contribution in [2.75, 3.05) is 5.32 Å². The Balaban J connectivity index is 1.78. The summed E-state index contributed by atoms with van der Waals surface area (Å²) in [4.78, 5) is 25.1. The Bertz CT molecular complexity index is 955. The van der Waals surface area contributed by atoms with Crippen LogP contribution in [-0.2, 0) is 14.3 Å². The van der Waals surface area contributed by atoms with Gasteiger partial charge in [0.25, 0.3) is 5.91 Å². The molecule has 1 N–H and O–H groups in total. The molecule has 1 heterocycles. The van der Waals surface area contributed by atoms with Crippen LogP contribution in [0.5, 0.6) is 0 Å². The molecule has 5 nitrogen and oxygen atoms in total. The van der Waals surface area contributed by atoms with Crippen molar-refractivity contribution in [2.24, 2.45) is 0 Å². The van der Waals surface area contributed by atoms with E-state index in [9.17, 15) is 9.59 Å². The number of esters is 1. The number of carbonyl (C=O) groups excluding carboxylic acids is 2. The fraction of sp³-hybridized carbons (Fsp3) is 0.130. The second kappa shape index (κ2) is 8.86. The molecule has 0 saturated heterocycles. The number of rotatable bonds is 6. The molecule has 0 radical (unpaired) electrons. The predicted octanol–water partition coefficient (Wildman–Crippen LogP) is 4.83. The number of nitrogens with one attached hydrogen (secondary N) is 1. The van der Waals surface area contributed by atoms with Crippen LogP contribution in [0, 0.1) is 13.8 Å². The van der Waals surface area contributed by atoms with Gasteiger partial charge in [-0.2, -0.15) is 0 Å². The zero-order valence-corrected chi connectivity index (χ0v) is 15.7. The minimum Gasteiger partial charge on any atom is -0.465 e. The van der Waals surface area contributed by atoms with E-state index in [1.54, 1.807) is 36.4 Å². The highest BCUT2D eigenvalue weighted by Gasteiger charge is 2.24. The number of hydrogen-bond donors (Lipinski definition) is 1. The topological polar surface area (TPSA) is 68.5 Å². The van der Waals surface area contributed by atoms with Crippen LogP contribution in [0.3, 0.4) is 0 Å². The molecule has 3 rings (SSSR count). The van der Waals surface area contributed by atoms with Crippen LogP contribution in [0.15, 0.2) is 77.4 Å². The molecule has 1 aromatic heterocycles. The first kappa shape index (κ1) is 19.2. The van der Waals surface area contributed by atoms with Gasteiger partial charge in [-0.3, -0.25) is 4.79 Å². The van der Waals surface area contributed by atoms with Gasteiger partial charge >= 0.3 is 5.97 Å². The Kier molecular flexibility index (Phi) is 6.07. The molecule has 0 aliphatic rings. The van der Waals surface area contributed by atoms with E-state index < -0.39 is 18.0 Å². The largest absolute Gasteiger partial charge is 0.465 e. The number of ether oxygens (including phenoxy) is 1. The molecule has 0 spiro atoms. The number of furan rings is 1. The lowest BCUT2D eigenvalue weighted by atomic mass is 10.1. The SMILES string of the molecule is Cc1cc(C)cc(NC(=O)[C@@H](OC(=O)/C=C/c2ccco2)c2ccccc2)c1. The normalized spacial score (nSPS) is 11.9. The maximum absolute atomic E-state index is 12.9. The highest BCUT2D eigenvalue weighted by atomic mass is 16.5. The quantitative estimate of drug-likeness (QED) is 0.495. The molecule has 0 aliphatic heterocycles. The molecule has 1 atom stereocenters. The summed E-state index contributed by atoms with van der Waals surface area (Å²) >= 11 is 0. The summed E-state index contributed by atoms with van der Waals surface area (Å²) in [5.41, 5.74) is 3.31. The van der Waals surface area contributed by atoms with E-state index in [0.717, 1.165) is 11.1 Å². The molecule has 5 heteroatoms. The van der Waals surface area contributed by atoms with E-state index >= 15 is 0 Å².